The van der Waals surface area contributed by atoms with Crippen molar-refractivity contribution >= 4 is 45.0 Å². The van der Waals surface area contributed by atoms with Crippen LogP contribution in [0.4, 0.5) is 5.69 Å². The van der Waals surface area contributed by atoms with Gasteiger partial charge in [-0.3, -0.25) is 19.5 Å². The second kappa shape index (κ2) is 10.7. The van der Waals surface area contributed by atoms with Crippen molar-refractivity contribution in [2.24, 2.45) is 4.99 Å². The van der Waals surface area contributed by atoms with Crippen molar-refractivity contribution in [2.75, 3.05) is 20.8 Å². The molecule has 0 fully saturated rings. The highest BCUT2D eigenvalue weighted by Crippen LogP contribution is 2.40. The van der Waals surface area contributed by atoms with Crippen LogP contribution in [0.25, 0.3) is 6.08 Å². The molecule has 0 spiro atoms. The molecule has 0 radical (unpaired) electrons. The molecule has 4 rings (SSSR count). The average molecular weight is 588 g/mol. The Hall–Kier alpha value is -3.77. The predicted molar refractivity (Wildman–Crippen MR) is 141 cm³/mol. The molecule has 1 aliphatic heterocycles. The Morgan fingerprint density at radius 3 is 2.46 bits per heavy atom. The summed E-state index contributed by atoms with van der Waals surface area (Å²) in [6, 6.07) is 8.42. The smallest absolute Gasteiger partial charge is 0.338 e. The van der Waals surface area contributed by atoms with E-state index in [4.69, 9.17) is 14.2 Å². The van der Waals surface area contributed by atoms with E-state index >= 15 is 0 Å². The Bertz CT molecular complexity index is 1610. The molecule has 1 atom stereocenters. The summed E-state index contributed by atoms with van der Waals surface area (Å²) >= 11 is 4.72. The zero-order chi connectivity index (χ0) is 26.9. The third-order valence-corrected chi connectivity index (χ3v) is 7.39. The van der Waals surface area contributed by atoms with Crippen LogP contribution in [-0.4, -0.2) is 36.3 Å². The standard InChI is InChI=1S/C25H22BrN3O7S/c1-5-36-24(31)21-13(2)27-25-28(22(21)16-11-18(34-3)19(35-4)12-17(16)26)23(30)20(37-25)10-14-6-8-15(9-7-14)29(32)33/h6-12,22H,5H2,1-4H3/b20-10-/t22-/m1/s1. The lowest BCUT2D eigenvalue weighted by Crippen LogP contribution is -2.40. The van der Waals surface area contributed by atoms with Crippen molar-refractivity contribution < 1.29 is 23.9 Å². The number of nitro benzene ring substituents is 1. The Morgan fingerprint density at radius 1 is 1.22 bits per heavy atom. The summed E-state index contributed by atoms with van der Waals surface area (Å²) in [5.41, 5.74) is 1.42. The van der Waals surface area contributed by atoms with Crippen LogP contribution < -0.4 is 24.4 Å². The van der Waals surface area contributed by atoms with Crippen molar-refractivity contribution in [1.29, 1.82) is 0 Å². The van der Waals surface area contributed by atoms with E-state index < -0.39 is 16.9 Å². The van der Waals surface area contributed by atoms with Crippen molar-refractivity contribution in [1.82, 2.24) is 4.57 Å². The molecule has 0 unspecified atom stereocenters. The molecule has 0 aliphatic carbocycles. The van der Waals surface area contributed by atoms with Gasteiger partial charge in [-0.25, -0.2) is 9.79 Å². The Morgan fingerprint density at radius 2 is 1.86 bits per heavy atom. The first kappa shape index (κ1) is 26.3. The lowest BCUT2D eigenvalue weighted by molar-refractivity contribution is -0.384. The number of fused-ring (bicyclic) bond motifs is 1. The van der Waals surface area contributed by atoms with Gasteiger partial charge in [0.05, 0.1) is 47.6 Å². The maximum absolute atomic E-state index is 13.7. The number of nitrogens with zero attached hydrogens (tertiary/aromatic N) is 3. The van der Waals surface area contributed by atoms with E-state index in [1.54, 1.807) is 44.2 Å². The second-order valence-electron chi connectivity index (χ2n) is 7.88. The molecular weight excluding hydrogens is 566 g/mol. The average Bonchev–Trinajstić information content (AvgIpc) is 3.17. The first-order valence-electron chi connectivity index (χ1n) is 11.1. The van der Waals surface area contributed by atoms with Crippen LogP contribution in [0.5, 0.6) is 11.5 Å². The van der Waals surface area contributed by atoms with Crippen molar-refractivity contribution in [3.8, 4) is 11.5 Å². The Labute approximate surface area is 223 Å². The predicted octanol–water partition coefficient (Wildman–Crippen LogP) is 3.49. The summed E-state index contributed by atoms with van der Waals surface area (Å²) in [5, 5.41) is 11.0. The largest absolute Gasteiger partial charge is 0.493 e. The fraction of sp³-hybridized carbons (Fsp3) is 0.240. The van der Waals surface area contributed by atoms with Gasteiger partial charge in [0, 0.05) is 16.6 Å². The molecule has 192 valence electrons. The van der Waals surface area contributed by atoms with E-state index in [9.17, 15) is 19.7 Å². The van der Waals surface area contributed by atoms with Gasteiger partial charge in [-0.05, 0) is 55.3 Å². The maximum Gasteiger partial charge on any atom is 0.338 e. The second-order valence-corrected chi connectivity index (χ2v) is 9.74. The molecule has 0 saturated heterocycles. The number of carbonyl (C=O) groups is 1. The van der Waals surface area contributed by atoms with E-state index in [0.29, 0.717) is 42.1 Å². The van der Waals surface area contributed by atoms with Gasteiger partial charge in [0.25, 0.3) is 11.2 Å². The molecule has 0 N–H and O–H groups in total. The summed E-state index contributed by atoms with van der Waals surface area (Å²) < 4.78 is 18.6. The number of aromatic nitrogens is 1. The number of non-ortho nitro benzene ring substituents is 1. The van der Waals surface area contributed by atoms with Gasteiger partial charge in [0.2, 0.25) is 0 Å². The van der Waals surface area contributed by atoms with Crippen LogP contribution in [0.3, 0.4) is 0 Å². The fourth-order valence-corrected chi connectivity index (χ4v) is 5.59. The molecule has 3 aromatic rings. The number of benzene rings is 2. The van der Waals surface area contributed by atoms with Crippen molar-refractivity contribution in [2.45, 2.75) is 19.9 Å². The van der Waals surface area contributed by atoms with Crippen LogP contribution in [-0.2, 0) is 9.53 Å². The van der Waals surface area contributed by atoms with E-state index in [1.807, 2.05) is 0 Å². The van der Waals surface area contributed by atoms with Gasteiger partial charge >= 0.3 is 5.97 Å². The fourth-order valence-electron chi connectivity index (χ4n) is 4.01. The van der Waals surface area contributed by atoms with E-state index in [0.717, 1.165) is 11.3 Å². The normalized spacial score (nSPS) is 15.2. The van der Waals surface area contributed by atoms with Crippen molar-refractivity contribution in [3.05, 3.63) is 93.1 Å². The number of thiazole rings is 1. The van der Waals surface area contributed by atoms with Gasteiger partial charge in [0.15, 0.2) is 16.3 Å². The topological polar surface area (TPSA) is 122 Å². The number of allylic oxidation sites excluding steroid dienone is 1. The van der Waals surface area contributed by atoms with Gasteiger partial charge in [0.1, 0.15) is 0 Å². The molecule has 2 heterocycles. The van der Waals surface area contributed by atoms with Crippen LogP contribution >= 0.6 is 27.3 Å². The molecule has 37 heavy (non-hydrogen) atoms. The van der Waals surface area contributed by atoms with Gasteiger partial charge in [-0.15, -0.1) is 0 Å². The van der Waals surface area contributed by atoms with Gasteiger partial charge < -0.3 is 14.2 Å². The lowest BCUT2D eigenvalue weighted by atomic mass is 9.95. The highest BCUT2D eigenvalue weighted by atomic mass is 79.9. The number of halogens is 1. The first-order valence-corrected chi connectivity index (χ1v) is 12.7. The zero-order valence-corrected chi connectivity index (χ0v) is 22.7. The minimum atomic E-state index is -0.858. The molecule has 12 heteroatoms. The molecule has 0 amide bonds. The number of carbonyl (C=O) groups excluding carboxylic acids is 1. The van der Waals surface area contributed by atoms with Crippen LogP contribution in [0.15, 0.2) is 61.9 Å². The highest BCUT2D eigenvalue weighted by Gasteiger charge is 2.35. The Kier molecular flexibility index (Phi) is 7.60. The van der Waals surface area contributed by atoms with E-state index in [-0.39, 0.29) is 23.4 Å². The number of nitro groups is 1. The summed E-state index contributed by atoms with van der Waals surface area (Å²) in [5.74, 6) is 0.314. The SMILES string of the molecule is CCOC(=O)C1=C(C)N=c2s/c(=C\c3ccc([N+](=O)[O-])cc3)c(=O)n2[C@@H]1c1cc(OC)c(OC)cc1Br. The molecule has 0 saturated carbocycles. The summed E-state index contributed by atoms with van der Waals surface area (Å²) in [4.78, 5) is 42.3. The van der Waals surface area contributed by atoms with Crippen molar-refractivity contribution in [3.63, 3.8) is 0 Å². The minimum absolute atomic E-state index is 0.0494. The lowest BCUT2D eigenvalue weighted by Gasteiger charge is -2.26. The quantitative estimate of drug-likeness (QED) is 0.235. The number of ether oxygens (including phenoxy) is 3. The van der Waals surface area contributed by atoms with E-state index in [2.05, 4.69) is 20.9 Å². The van der Waals surface area contributed by atoms with E-state index in [1.165, 1.54) is 30.9 Å². The molecule has 0 bridgehead atoms. The summed E-state index contributed by atoms with van der Waals surface area (Å²) in [7, 11) is 3.01. The number of esters is 1. The summed E-state index contributed by atoms with van der Waals surface area (Å²) in [6.07, 6.45) is 1.64. The third kappa shape index (κ3) is 4.94. The summed E-state index contributed by atoms with van der Waals surface area (Å²) in [6.45, 7) is 3.55. The van der Waals surface area contributed by atoms with Gasteiger partial charge in [-0.1, -0.05) is 27.3 Å². The zero-order valence-electron chi connectivity index (χ0n) is 20.3. The minimum Gasteiger partial charge on any atom is -0.493 e. The number of hydrogen-bond acceptors (Lipinski definition) is 9. The molecule has 2 aromatic carbocycles. The molecular formula is C25H22BrN3O7S. The molecule has 10 nitrogen and oxygen atoms in total. The van der Waals surface area contributed by atoms with Crippen LogP contribution in [0.2, 0.25) is 0 Å². The number of methoxy groups -OCH3 is 2. The first-order chi connectivity index (χ1) is 17.7. The monoisotopic (exact) mass is 587 g/mol. The number of rotatable bonds is 7. The molecule has 1 aliphatic rings. The highest BCUT2D eigenvalue weighted by molar-refractivity contribution is 9.10. The van der Waals surface area contributed by atoms with Crippen LogP contribution in [0, 0.1) is 10.1 Å². The maximum atomic E-state index is 13.7. The Balaban J connectivity index is 1.97. The number of hydrogen-bond donors (Lipinski definition) is 0. The third-order valence-electron chi connectivity index (χ3n) is 5.72. The van der Waals surface area contributed by atoms with Crippen LogP contribution in [0.1, 0.15) is 31.0 Å². The van der Waals surface area contributed by atoms with Gasteiger partial charge in [-0.2, -0.15) is 0 Å². The molecule has 1 aromatic heterocycles.